The summed E-state index contributed by atoms with van der Waals surface area (Å²) in [6, 6.07) is 11.3. The number of ketones is 1. The molecule has 2 aliphatic rings. The zero-order valence-electron chi connectivity index (χ0n) is 21.2. The normalized spacial score (nSPS) is 18.9. The highest BCUT2D eigenvalue weighted by molar-refractivity contribution is 9.11. The summed E-state index contributed by atoms with van der Waals surface area (Å²) in [5, 5.41) is 11.3. The van der Waals surface area contributed by atoms with E-state index in [4.69, 9.17) is 38.4 Å². The molecule has 1 aliphatic heterocycles. The van der Waals surface area contributed by atoms with Crippen molar-refractivity contribution in [2.24, 2.45) is 11.1 Å². The third-order valence-corrected chi connectivity index (χ3v) is 8.51. The van der Waals surface area contributed by atoms with Crippen LogP contribution >= 0.6 is 55.1 Å². The molecule has 200 valence electrons. The topological polar surface area (TPSA) is 88.6 Å². The molecular formula is C28H27Br2Cl2N3O3. The third-order valence-electron chi connectivity index (χ3n) is 6.75. The van der Waals surface area contributed by atoms with Crippen LogP contribution in [-0.4, -0.2) is 30.9 Å². The summed E-state index contributed by atoms with van der Waals surface area (Å²) >= 11 is 19.6. The Labute approximate surface area is 249 Å². The molecule has 0 bridgehead atoms. The number of allylic oxidation sites excluding steroid dienone is 3. The molecule has 2 N–H and O–H groups in total. The lowest BCUT2D eigenvalue weighted by atomic mass is 9.68. The number of Topliss-reactive ketones (excluding diaryl/α,β-unsaturated/α-hetero) is 1. The minimum atomic E-state index is -0.593. The van der Waals surface area contributed by atoms with Crippen LogP contribution in [0, 0.1) is 16.7 Å². The number of methoxy groups -OCH3 is 1. The minimum Gasteiger partial charge on any atom is -0.486 e. The van der Waals surface area contributed by atoms with Crippen molar-refractivity contribution in [1.82, 2.24) is 4.90 Å². The second-order valence-electron chi connectivity index (χ2n) is 10.1. The van der Waals surface area contributed by atoms with Gasteiger partial charge in [0.1, 0.15) is 18.2 Å². The number of carbonyl (C=O) groups is 1. The van der Waals surface area contributed by atoms with Crippen molar-refractivity contribution < 1.29 is 14.3 Å². The number of benzene rings is 2. The first-order valence-corrected chi connectivity index (χ1v) is 14.3. The molecular weight excluding hydrogens is 657 g/mol. The second-order valence-corrected chi connectivity index (χ2v) is 12.7. The van der Waals surface area contributed by atoms with Crippen LogP contribution in [0.25, 0.3) is 0 Å². The predicted octanol–water partition coefficient (Wildman–Crippen LogP) is 7.48. The van der Waals surface area contributed by atoms with Gasteiger partial charge in [-0.1, -0.05) is 43.1 Å². The van der Waals surface area contributed by atoms with Crippen LogP contribution in [0.1, 0.15) is 43.7 Å². The second kappa shape index (κ2) is 11.6. The molecule has 0 amide bonds. The summed E-state index contributed by atoms with van der Waals surface area (Å²) in [5.41, 5.74) is 9.73. The smallest absolute Gasteiger partial charge is 0.162 e. The summed E-state index contributed by atoms with van der Waals surface area (Å²) in [6.45, 7) is 5.24. The number of halogens is 4. The number of nitriles is 1. The molecule has 0 radical (unpaired) electrons. The number of nitrogens with zero attached hydrogens (tertiary/aromatic N) is 2. The van der Waals surface area contributed by atoms with Crippen molar-refractivity contribution in [3.05, 3.63) is 83.1 Å². The number of ether oxygens (including phenoxy) is 2. The molecule has 0 unspecified atom stereocenters. The lowest BCUT2D eigenvalue weighted by Gasteiger charge is -2.43. The Morgan fingerprint density at radius 2 is 1.87 bits per heavy atom. The van der Waals surface area contributed by atoms with Crippen molar-refractivity contribution in [3.8, 4) is 11.8 Å². The van der Waals surface area contributed by atoms with Gasteiger partial charge in [-0.3, -0.25) is 4.79 Å². The van der Waals surface area contributed by atoms with E-state index < -0.39 is 5.92 Å². The van der Waals surface area contributed by atoms with Crippen LogP contribution in [-0.2, 0) is 16.1 Å². The summed E-state index contributed by atoms with van der Waals surface area (Å²) in [5.74, 6) is 0.348. The molecule has 0 saturated carbocycles. The van der Waals surface area contributed by atoms with E-state index in [1.165, 1.54) is 0 Å². The molecule has 0 spiro atoms. The van der Waals surface area contributed by atoms with Crippen LogP contribution in [0.5, 0.6) is 5.75 Å². The Bertz CT molecular complexity index is 1380. The number of rotatable bonds is 7. The molecule has 1 heterocycles. The Kier molecular flexibility index (Phi) is 8.85. The average Bonchev–Trinajstić information content (AvgIpc) is 2.82. The maximum Gasteiger partial charge on any atom is 0.162 e. The van der Waals surface area contributed by atoms with Gasteiger partial charge in [-0.15, -0.1) is 0 Å². The van der Waals surface area contributed by atoms with Gasteiger partial charge in [0.2, 0.25) is 0 Å². The molecule has 0 aromatic heterocycles. The standard InChI is InChI=1S/C28H27Br2Cl2N3O3/c1-28(2)11-22-25(23(36)12-28)24(18(13-33)27(34)35(22)6-7-37-3)16-8-19(29)26(20(30)9-16)38-14-15-4-5-17(31)10-21(15)32/h4-5,8-10,24H,6-7,11-12,14,34H2,1-3H3/t24-/m0/s1. The Morgan fingerprint density at radius 1 is 1.18 bits per heavy atom. The summed E-state index contributed by atoms with van der Waals surface area (Å²) < 4.78 is 12.7. The van der Waals surface area contributed by atoms with Gasteiger partial charge >= 0.3 is 0 Å². The predicted molar refractivity (Wildman–Crippen MR) is 156 cm³/mol. The number of hydrogen-bond acceptors (Lipinski definition) is 6. The Morgan fingerprint density at radius 3 is 2.47 bits per heavy atom. The van der Waals surface area contributed by atoms with E-state index in [9.17, 15) is 10.1 Å². The zero-order valence-corrected chi connectivity index (χ0v) is 25.9. The van der Waals surface area contributed by atoms with E-state index >= 15 is 0 Å². The molecule has 10 heteroatoms. The minimum absolute atomic E-state index is 0.0221. The van der Waals surface area contributed by atoms with Crippen molar-refractivity contribution in [1.29, 1.82) is 5.26 Å². The fraction of sp³-hybridized carbons (Fsp3) is 0.357. The summed E-state index contributed by atoms with van der Waals surface area (Å²) in [7, 11) is 1.61. The maximum absolute atomic E-state index is 13.6. The lowest BCUT2D eigenvalue weighted by Crippen LogP contribution is -2.43. The van der Waals surface area contributed by atoms with Gasteiger partial charge < -0.3 is 20.1 Å². The first-order chi connectivity index (χ1) is 18.0. The molecule has 38 heavy (non-hydrogen) atoms. The maximum atomic E-state index is 13.6. The molecule has 2 aromatic carbocycles. The van der Waals surface area contributed by atoms with Crippen LogP contribution in [0.4, 0.5) is 0 Å². The molecule has 0 saturated heterocycles. The quantitative estimate of drug-likeness (QED) is 0.326. The highest BCUT2D eigenvalue weighted by Crippen LogP contribution is 2.50. The molecule has 4 rings (SSSR count). The van der Waals surface area contributed by atoms with Crippen molar-refractivity contribution >= 4 is 60.8 Å². The molecule has 1 atom stereocenters. The van der Waals surface area contributed by atoms with E-state index in [0.717, 1.165) is 16.8 Å². The van der Waals surface area contributed by atoms with Gasteiger partial charge in [0.25, 0.3) is 0 Å². The number of hydrogen-bond donors (Lipinski definition) is 1. The zero-order chi connectivity index (χ0) is 27.8. The number of nitrogens with two attached hydrogens (primary N) is 1. The van der Waals surface area contributed by atoms with Gasteiger partial charge in [0, 0.05) is 47.0 Å². The fourth-order valence-electron chi connectivity index (χ4n) is 5.02. The van der Waals surface area contributed by atoms with Gasteiger partial charge in [-0.2, -0.15) is 5.26 Å². The lowest BCUT2D eigenvalue weighted by molar-refractivity contribution is -0.118. The van der Waals surface area contributed by atoms with E-state index in [0.29, 0.717) is 67.7 Å². The molecule has 0 fully saturated rings. The van der Waals surface area contributed by atoms with E-state index in [2.05, 4.69) is 51.8 Å². The first kappa shape index (κ1) is 29.0. The number of carbonyl (C=O) groups excluding carboxylic acids is 1. The Hall–Kier alpha value is -2.02. The fourth-order valence-corrected chi connectivity index (χ4v) is 6.93. The monoisotopic (exact) mass is 681 g/mol. The van der Waals surface area contributed by atoms with E-state index in [1.807, 2.05) is 23.1 Å². The van der Waals surface area contributed by atoms with Gasteiger partial charge in [-0.25, -0.2) is 0 Å². The van der Waals surface area contributed by atoms with E-state index in [1.54, 1.807) is 19.2 Å². The van der Waals surface area contributed by atoms with Crippen molar-refractivity contribution in [2.75, 3.05) is 20.3 Å². The third kappa shape index (κ3) is 5.78. The van der Waals surface area contributed by atoms with E-state index in [-0.39, 0.29) is 17.8 Å². The SMILES string of the molecule is COCCN1C(N)=C(C#N)[C@H](c2cc(Br)c(OCc3ccc(Cl)cc3Cl)c(Br)c2)C2=C1CC(C)(C)CC2=O. The molecule has 6 nitrogen and oxygen atoms in total. The highest BCUT2D eigenvalue weighted by atomic mass is 79.9. The first-order valence-electron chi connectivity index (χ1n) is 12.0. The molecule has 1 aliphatic carbocycles. The van der Waals surface area contributed by atoms with Gasteiger partial charge in [-0.05, 0) is 73.5 Å². The average molecular weight is 684 g/mol. The van der Waals surface area contributed by atoms with Gasteiger partial charge in [0.05, 0.1) is 33.1 Å². The van der Waals surface area contributed by atoms with Crippen molar-refractivity contribution in [3.63, 3.8) is 0 Å². The van der Waals surface area contributed by atoms with Crippen LogP contribution in [0.2, 0.25) is 10.0 Å². The molecule has 2 aromatic rings. The van der Waals surface area contributed by atoms with Crippen molar-refractivity contribution in [2.45, 2.75) is 39.2 Å². The summed E-state index contributed by atoms with van der Waals surface area (Å²) in [6.07, 6.45) is 1.06. The largest absolute Gasteiger partial charge is 0.486 e. The van der Waals surface area contributed by atoms with Crippen LogP contribution in [0.15, 0.2) is 61.9 Å². The summed E-state index contributed by atoms with van der Waals surface area (Å²) in [4.78, 5) is 15.5. The van der Waals surface area contributed by atoms with Crippen LogP contribution in [0.3, 0.4) is 0 Å². The van der Waals surface area contributed by atoms with Gasteiger partial charge in [0.15, 0.2) is 5.78 Å². The highest BCUT2D eigenvalue weighted by Gasteiger charge is 2.44. The van der Waals surface area contributed by atoms with Crippen LogP contribution < -0.4 is 10.5 Å². The Balaban J connectivity index is 1.76.